The fraction of sp³-hybridized carbons (Fsp3) is 0.688. The average Bonchev–Trinajstić information content (AvgIpc) is 2.70. The molecule has 2 rings (SSSR count). The molecule has 0 radical (unpaired) electrons. The number of aromatic nitrogens is 2. The monoisotopic (exact) mass is 324 g/mol. The van der Waals surface area contributed by atoms with Gasteiger partial charge in [-0.25, -0.2) is 0 Å². The summed E-state index contributed by atoms with van der Waals surface area (Å²) < 4.78 is 1.73. The van der Waals surface area contributed by atoms with Crippen LogP contribution in [-0.4, -0.2) is 51.3 Å². The Bertz CT molecular complexity index is 494. The van der Waals surface area contributed by atoms with Gasteiger partial charge >= 0.3 is 0 Å². The number of nitrogens with zero attached hydrogens (tertiary/aromatic N) is 3. The Morgan fingerprint density at radius 1 is 1.39 bits per heavy atom. The van der Waals surface area contributed by atoms with Crippen molar-refractivity contribution in [2.45, 2.75) is 52.0 Å². The molecule has 1 aliphatic rings. The molecule has 2 N–H and O–H groups in total. The average molecular weight is 324 g/mol. The number of hydrogen-bond acceptors (Lipinski definition) is 4. The largest absolute Gasteiger partial charge is 0.483 e. The zero-order valence-electron chi connectivity index (χ0n) is 14.3. The highest BCUT2D eigenvalue weighted by molar-refractivity contribution is 5.91. The quantitative estimate of drug-likeness (QED) is 0.827. The summed E-state index contributed by atoms with van der Waals surface area (Å²) in [6.07, 6.45) is 7.56. The number of likely N-dealkylation sites (tertiary alicyclic amines) is 1. The third-order valence-electron chi connectivity index (χ3n) is 4.03. The number of rotatable bonds is 4. The van der Waals surface area contributed by atoms with Crippen molar-refractivity contribution in [3.05, 3.63) is 11.9 Å². The molecule has 1 aromatic heterocycles. The standard InChI is InChI=1S/C15H26N4O.CH2O2/c1-12(19-8-6-4-5-7-9-19)10-15(20)16-14-11-18(3)17-13(14)2;2-1-3/h11-12H,4-10H2,1-3H3,(H,16,20);1H,(H,2,3). The van der Waals surface area contributed by atoms with E-state index in [9.17, 15) is 4.79 Å². The molecule has 1 aromatic rings. The number of amides is 1. The van der Waals surface area contributed by atoms with E-state index in [1.54, 1.807) is 4.68 Å². The second-order valence-electron chi connectivity index (χ2n) is 5.96. The molecular weight excluding hydrogens is 296 g/mol. The number of hydrogen-bond donors (Lipinski definition) is 2. The Morgan fingerprint density at radius 3 is 2.43 bits per heavy atom. The lowest BCUT2D eigenvalue weighted by molar-refractivity contribution is -0.123. The van der Waals surface area contributed by atoms with Gasteiger partial charge in [-0.2, -0.15) is 5.10 Å². The second kappa shape index (κ2) is 9.99. The fourth-order valence-electron chi connectivity index (χ4n) is 2.86. The highest BCUT2D eigenvalue weighted by Gasteiger charge is 2.19. The van der Waals surface area contributed by atoms with E-state index in [-0.39, 0.29) is 12.4 Å². The first-order chi connectivity index (χ1) is 11.0. The van der Waals surface area contributed by atoms with Crippen LogP contribution in [0.3, 0.4) is 0 Å². The number of aryl methyl sites for hydroxylation is 2. The molecule has 1 atom stereocenters. The molecule has 0 spiro atoms. The number of carbonyl (C=O) groups is 2. The Balaban J connectivity index is 0.000000816. The molecule has 2 heterocycles. The van der Waals surface area contributed by atoms with Crippen LogP contribution in [0.2, 0.25) is 0 Å². The zero-order valence-corrected chi connectivity index (χ0v) is 14.3. The van der Waals surface area contributed by atoms with Gasteiger partial charge in [0.05, 0.1) is 11.4 Å². The van der Waals surface area contributed by atoms with Crippen molar-refractivity contribution in [1.29, 1.82) is 0 Å². The molecule has 23 heavy (non-hydrogen) atoms. The van der Waals surface area contributed by atoms with E-state index in [2.05, 4.69) is 22.2 Å². The summed E-state index contributed by atoms with van der Waals surface area (Å²) in [5.41, 5.74) is 1.68. The second-order valence-corrected chi connectivity index (χ2v) is 5.96. The molecule has 1 aliphatic heterocycles. The minimum atomic E-state index is -0.250. The molecule has 7 heteroatoms. The maximum atomic E-state index is 12.1. The fourth-order valence-corrected chi connectivity index (χ4v) is 2.86. The summed E-state index contributed by atoms with van der Waals surface area (Å²) in [4.78, 5) is 22.9. The minimum absolute atomic E-state index is 0.0813. The SMILES string of the molecule is Cc1nn(C)cc1NC(=O)CC(C)N1CCCCCC1.O=CO. The lowest BCUT2D eigenvalue weighted by Gasteiger charge is -2.27. The molecular formula is C16H28N4O3. The van der Waals surface area contributed by atoms with E-state index in [0.717, 1.165) is 24.5 Å². The van der Waals surface area contributed by atoms with E-state index in [1.165, 1.54) is 25.7 Å². The van der Waals surface area contributed by atoms with Crippen LogP contribution in [0, 0.1) is 6.92 Å². The van der Waals surface area contributed by atoms with Crippen molar-refractivity contribution < 1.29 is 14.7 Å². The lowest BCUT2D eigenvalue weighted by atomic mass is 10.2. The summed E-state index contributed by atoms with van der Waals surface area (Å²) >= 11 is 0. The third kappa shape index (κ3) is 6.81. The van der Waals surface area contributed by atoms with Gasteiger partial charge in [-0.3, -0.25) is 14.3 Å². The van der Waals surface area contributed by atoms with Gasteiger partial charge in [-0.15, -0.1) is 0 Å². The normalized spacial score (nSPS) is 16.7. The predicted molar refractivity (Wildman–Crippen MR) is 89.4 cm³/mol. The first-order valence-electron chi connectivity index (χ1n) is 8.10. The van der Waals surface area contributed by atoms with Crippen LogP contribution in [0.1, 0.15) is 44.7 Å². The molecule has 1 saturated heterocycles. The number of anilines is 1. The summed E-state index contributed by atoms with van der Waals surface area (Å²) in [6, 6.07) is 0.310. The summed E-state index contributed by atoms with van der Waals surface area (Å²) in [5.74, 6) is 0.0813. The topological polar surface area (TPSA) is 87.5 Å². The smallest absolute Gasteiger partial charge is 0.290 e. The first kappa shape index (κ1) is 19.2. The molecule has 130 valence electrons. The van der Waals surface area contributed by atoms with Crippen LogP contribution in [0.4, 0.5) is 5.69 Å². The zero-order chi connectivity index (χ0) is 17.2. The summed E-state index contributed by atoms with van der Waals surface area (Å²) in [5, 5.41) is 14.1. The first-order valence-corrected chi connectivity index (χ1v) is 8.10. The van der Waals surface area contributed by atoms with E-state index < -0.39 is 0 Å². The summed E-state index contributed by atoms with van der Waals surface area (Å²) in [7, 11) is 1.86. The Morgan fingerprint density at radius 2 is 1.96 bits per heavy atom. The molecule has 0 bridgehead atoms. The predicted octanol–water partition coefficient (Wildman–Crippen LogP) is 2.02. The molecule has 1 amide bonds. The Kier molecular flexibility index (Phi) is 8.32. The van der Waals surface area contributed by atoms with Crippen molar-refractivity contribution in [1.82, 2.24) is 14.7 Å². The van der Waals surface area contributed by atoms with Gasteiger partial charge in [0.1, 0.15) is 0 Å². The van der Waals surface area contributed by atoms with Gasteiger partial charge in [-0.05, 0) is 39.8 Å². The molecule has 0 aliphatic carbocycles. The van der Waals surface area contributed by atoms with Crippen LogP contribution in [0.25, 0.3) is 0 Å². The van der Waals surface area contributed by atoms with E-state index in [4.69, 9.17) is 9.90 Å². The molecule has 0 saturated carbocycles. The van der Waals surface area contributed by atoms with Crippen LogP contribution < -0.4 is 5.32 Å². The minimum Gasteiger partial charge on any atom is -0.483 e. The lowest BCUT2D eigenvalue weighted by Crippen LogP contribution is -2.36. The van der Waals surface area contributed by atoms with E-state index in [0.29, 0.717) is 12.5 Å². The number of nitrogens with one attached hydrogen (secondary N) is 1. The maximum absolute atomic E-state index is 12.1. The molecule has 1 unspecified atom stereocenters. The molecule has 0 aromatic carbocycles. The summed E-state index contributed by atoms with van der Waals surface area (Å²) in [6.45, 7) is 6.07. The van der Waals surface area contributed by atoms with E-state index in [1.807, 2.05) is 20.2 Å². The van der Waals surface area contributed by atoms with Crippen molar-refractivity contribution in [2.24, 2.45) is 7.05 Å². The number of carbonyl (C=O) groups excluding carboxylic acids is 1. The van der Waals surface area contributed by atoms with Crippen LogP contribution in [0.5, 0.6) is 0 Å². The Hall–Kier alpha value is -1.89. The van der Waals surface area contributed by atoms with Crippen molar-refractivity contribution in [3.8, 4) is 0 Å². The van der Waals surface area contributed by atoms with Crippen LogP contribution in [-0.2, 0) is 16.6 Å². The highest BCUT2D eigenvalue weighted by Crippen LogP contribution is 2.16. The van der Waals surface area contributed by atoms with Crippen molar-refractivity contribution in [3.63, 3.8) is 0 Å². The van der Waals surface area contributed by atoms with Gasteiger partial charge < -0.3 is 15.3 Å². The van der Waals surface area contributed by atoms with Crippen molar-refractivity contribution >= 4 is 18.1 Å². The number of carboxylic acid groups (broad SMARTS) is 1. The van der Waals surface area contributed by atoms with Gasteiger partial charge in [0, 0.05) is 25.7 Å². The van der Waals surface area contributed by atoms with Gasteiger partial charge in [-0.1, -0.05) is 12.8 Å². The van der Waals surface area contributed by atoms with Gasteiger partial charge in [0.25, 0.3) is 6.47 Å². The maximum Gasteiger partial charge on any atom is 0.290 e. The van der Waals surface area contributed by atoms with Crippen LogP contribution >= 0.6 is 0 Å². The van der Waals surface area contributed by atoms with Gasteiger partial charge in [0.15, 0.2) is 0 Å². The van der Waals surface area contributed by atoms with Crippen LogP contribution in [0.15, 0.2) is 6.20 Å². The van der Waals surface area contributed by atoms with Gasteiger partial charge in [0.2, 0.25) is 5.91 Å². The third-order valence-corrected chi connectivity index (χ3v) is 4.03. The van der Waals surface area contributed by atoms with Crippen molar-refractivity contribution in [2.75, 3.05) is 18.4 Å². The Labute approximate surface area is 137 Å². The molecule has 7 nitrogen and oxygen atoms in total. The van der Waals surface area contributed by atoms with E-state index >= 15 is 0 Å². The molecule has 1 fully saturated rings. The highest BCUT2D eigenvalue weighted by atomic mass is 16.3.